The number of hydrogen-bond acceptors (Lipinski definition) is 6. The van der Waals surface area contributed by atoms with Crippen LogP contribution >= 0.6 is 0 Å². The van der Waals surface area contributed by atoms with Crippen LogP contribution in [0.1, 0.15) is 19.8 Å². The number of hydrogen-bond donors (Lipinski definition) is 2. The van der Waals surface area contributed by atoms with Gasteiger partial charge < -0.3 is 10.4 Å². The Labute approximate surface area is 121 Å². The standard InChI is InChI=1S/C12H16N2O6S/c1-3-8(6-12(15)16)13-10-5-4-9(21(2,19)20)7-11(10)14(17)18/h4-5,7-8,13H,3,6H2,1-2H3,(H,15,16). The SMILES string of the molecule is CCC(CC(=O)O)Nc1ccc(S(C)(=O)=O)cc1[N+](=O)[O-]. The highest BCUT2D eigenvalue weighted by atomic mass is 32.2. The molecule has 0 saturated carbocycles. The molecule has 0 radical (unpaired) electrons. The molecule has 1 aromatic rings. The molecule has 0 heterocycles. The maximum absolute atomic E-state index is 11.4. The van der Waals surface area contributed by atoms with Crippen LogP contribution in [-0.2, 0) is 14.6 Å². The molecule has 0 bridgehead atoms. The van der Waals surface area contributed by atoms with Gasteiger partial charge in [0.25, 0.3) is 5.69 Å². The van der Waals surface area contributed by atoms with Crippen LogP contribution < -0.4 is 5.32 Å². The van der Waals surface area contributed by atoms with Crippen LogP contribution in [0.15, 0.2) is 23.1 Å². The zero-order valence-electron chi connectivity index (χ0n) is 11.6. The lowest BCUT2D eigenvalue weighted by atomic mass is 10.1. The van der Waals surface area contributed by atoms with Crippen molar-refractivity contribution in [2.45, 2.75) is 30.7 Å². The Hall–Kier alpha value is -2.16. The highest BCUT2D eigenvalue weighted by Gasteiger charge is 2.21. The lowest BCUT2D eigenvalue weighted by molar-refractivity contribution is -0.384. The first-order valence-electron chi connectivity index (χ1n) is 6.12. The van der Waals surface area contributed by atoms with E-state index in [-0.39, 0.29) is 17.0 Å². The fraction of sp³-hybridized carbons (Fsp3) is 0.417. The molecule has 0 aliphatic heterocycles. The smallest absolute Gasteiger partial charge is 0.305 e. The summed E-state index contributed by atoms with van der Waals surface area (Å²) >= 11 is 0. The molecule has 9 heteroatoms. The predicted octanol–water partition coefficient (Wildman–Crippen LogP) is 1.66. The maximum Gasteiger partial charge on any atom is 0.305 e. The number of nitro groups is 1. The number of sulfone groups is 1. The van der Waals surface area contributed by atoms with Crippen molar-refractivity contribution in [3.8, 4) is 0 Å². The van der Waals surface area contributed by atoms with Crippen molar-refractivity contribution in [1.29, 1.82) is 0 Å². The lowest BCUT2D eigenvalue weighted by Gasteiger charge is -2.16. The number of carboxylic acids is 1. The van der Waals surface area contributed by atoms with Gasteiger partial charge in [0.1, 0.15) is 5.69 Å². The second kappa shape index (κ2) is 6.53. The van der Waals surface area contributed by atoms with Crippen molar-refractivity contribution >= 4 is 27.2 Å². The van der Waals surface area contributed by atoms with Crippen molar-refractivity contribution in [2.75, 3.05) is 11.6 Å². The second-order valence-corrected chi connectivity index (χ2v) is 6.57. The normalized spacial score (nSPS) is 12.7. The van der Waals surface area contributed by atoms with E-state index in [0.717, 1.165) is 12.3 Å². The fourth-order valence-electron chi connectivity index (χ4n) is 1.74. The van der Waals surface area contributed by atoms with E-state index in [1.165, 1.54) is 12.1 Å². The first-order chi connectivity index (χ1) is 9.65. The highest BCUT2D eigenvalue weighted by Crippen LogP contribution is 2.28. The fourth-order valence-corrected chi connectivity index (χ4v) is 2.38. The van der Waals surface area contributed by atoms with E-state index in [0.29, 0.717) is 6.42 Å². The molecule has 1 rings (SSSR count). The molecule has 2 N–H and O–H groups in total. The molecule has 0 aliphatic carbocycles. The molecule has 1 aromatic carbocycles. The van der Waals surface area contributed by atoms with Gasteiger partial charge in [-0.05, 0) is 18.6 Å². The molecule has 0 saturated heterocycles. The molecule has 0 aromatic heterocycles. The number of carboxylic acid groups (broad SMARTS) is 1. The Morgan fingerprint density at radius 3 is 2.52 bits per heavy atom. The van der Waals surface area contributed by atoms with Gasteiger partial charge >= 0.3 is 5.97 Å². The maximum atomic E-state index is 11.4. The van der Waals surface area contributed by atoms with Crippen molar-refractivity contribution in [1.82, 2.24) is 0 Å². The average molecular weight is 316 g/mol. The number of aliphatic carboxylic acids is 1. The molecule has 0 amide bonds. The molecular formula is C12H16N2O6S. The van der Waals surface area contributed by atoms with E-state index in [1.54, 1.807) is 6.92 Å². The van der Waals surface area contributed by atoms with Crippen LogP contribution in [0.4, 0.5) is 11.4 Å². The van der Waals surface area contributed by atoms with Gasteiger partial charge in [-0.3, -0.25) is 14.9 Å². The minimum absolute atomic E-state index is 0.0977. The van der Waals surface area contributed by atoms with Gasteiger partial charge in [-0.1, -0.05) is 6.92 Å². The van der Waals surface area contributed by atoms with Crippen LogP contribution in [0.2, 0.25) is 0 Å². The van der Waals surface area contributed by atoms with Gasteiger partial charge in [0, 0.05) is 18.4 Å². The highest BCUT2D eigenvalue weighted by molar-refractivity contribution is 7.90. The summed E-state index contributed by atoms with van der Waals surface area (Å²) in [5.74, 6) is -1.02. The minimum atomic E-state index is -3.55. The second-order valence-electron chi connectivity index (χ2n) is 4.56. The van der Waals surface area contributed by atoms with Crippen molar-refractivity contribution in [3.05, 3.63) is 28.3 Å². The van der Waals surface area contributed by atoms with E-state index < -0.39 is 32.5 Å². The zero-order valence-corrected chi connectivity index (χ0v) is 12.4. The Morgan fingerprint density at radius 2 is 2.10 bits per heavy atom. The van der Waals surface area contributed by atoms with Crippen molar-refractivity contribution in [2.24, 2.45) is 0 Å². The third-order valence-corrected chi connectivity index (χ3v) is 3.98. The molecule has 116 valence electrons. The Morgan fingerprint density at radius 1 is 1.48 bits per heavy atom. The first kappa shape index (κ1) is 16.9. The summed E-state index contributed by atoms with van der Waals surface area (Å²) in [5.41, 5.74) is -0.303. The topological polar surface area (TPSA) is 127 Å². The van der Waals surface area contributed by atoms with E-state index in [4.69, 9.17) is 5.11 Å². The summed E-state index contributed by atoms with van der Waals surface area (Å²) in [7, 11) is -3.55. The summed E-state index contributed by atoms with van der Waals surface area (Å²) < 4.78 is 22.8. The van der Waals surface area contributed by atoms with Crippen LogP contribution in [0, 0.1) is 10.1 Å². The Kier molecular flexibility index (Phi) is 5.25. The third kappa shape index (κ3) is 4.71. The van der Waals surface area contributed by atoms with Crippen LogP contribution in [0.25, 0.3) is 0 Å². The summed E-state index contributed by atoms with van der Waals surface area (Å²) in [4.78, 5) is 20.9. The van der Waals surface area contributed by atoms with Gasteiger partial charge in [0.2, 0.25) is 0 Å². The van der Waals surface area contributed by atoms with E-state index in [9.17, 15) is 23.3 Å². The number of nitrogens with one attached hydrogen (secondary N) is 1. The molecular weight excluding hydrogens is 300 g/mol. The minimum Gasteiger partial charge on any atom is -0.481 e. The lowest BCUT2D eigenvalue weighted by Crippen LogP contribution is -2.22. The number of benzene rings is 1. The molecule has 1 atom stereocenters. The average Bonchev–Trinajstić information content (AvgIpc) is 2.36. The molecule has 0 fully saturated rings. The summed E-state index contributed by atoms with van der Waals surface area (Å²) in [6.45, 7) is 1.75. The summed E-state index contributed by atoms with van der Waals surface area (Å²) in [5, 5.41) is 22.6. The van der Waals surface area contributed by atoms with E-state index >= 15 is 0 Å². The largest absolute Gasteiger partial charge is 0.481 e. The van der Waals surface area contributed by atoms with Crippen molar-refractivity contribution < 1.29 is 23.2 Å². The number of carbonyl (C=O) groups is 1. The zero-order chi connectivity index (χ0) is 16.2. The summed E-state index contributed by atoms with van der Waals surface area (Å²) in [6.07, 6.45) is 1.22. The van der Waals surface area contributed by atoms with Crippen LogP contribution in [0.3, 0.4) is 0 Å². The van der Waals surface area contributed by atoms with Gasteiger partial charge in [-0.25, -0.2) is 8.42 Å². The number of nitro benzene ring substituents is 1. The molecule has 8 nitrogen and oxygen atoms in total. The van der Waals surface area contributed by atoms with Crippen LogP contribution in [-0.4, -0.2) is 36.7 Å². The van der Waals surface area contributed by atoms with E-state index in [1.807, 2.05) is 0 Å². The quantitative estimate of drug-likeness (QED) is 0.578. The van der Waals surface area contributed by atoms with Crippen molar-refractivity contribution in [3.63, 3.8) is 0 Å². The Balaban J connectivity index is 3.18. The third-order valence-electron chi connectivity index (χ3n) is 2.87. The first-order valence-corrected chi connectivity index (χ1v) is 8.01. The van der Waals surface area contributed by atoms with Crippen LogP contribution in [0.5, 0.6) is 0 Å². The molecule has 0 aliphatic rings. The molecule has 0 spiro atoms. The number of nitrogens with zero attached hydrogens (tertiary/aromatic N) is 1. The summed E-state index contributed by atoms with van der Waals surface area (Å²) in [6, 6.07) is 3.01. The number of anilines is 1. The number of rotatable bonds is 7. The Bertz CT molecular complexity index is 656. The van der Waals surface area contributed by atoms with Gasteiger partial charge in [-0.2, -0.15) is 0 Å². The van der Waals surface area contributed by atoms with Gasteiger partial charge in [-0.15, -0.1) is 0 Å². The van der Waals surface area contributed by atoms with Gasteiger partial charge in [0.15, 0.2) is 9.84 Å². The molecule has 21 heavy (non-hydrogen) atoms. The van der Waals surface area contributed by atoms with E-state index in [2.05, 4.69) is 5.32 Å². The predicted molar refractivity (Wildman–Crippen MR) is 76.2 cm³/mol. The monoisotopic (exact) mass is 316 g/mol. The van der Waals surface area contributed by atoms with Gasteiger partial charge in [0.05, 0.1) is 16.2 Å². The molecule has 1 unspecified atom stereocenters.